The normalized spacial score (nSPS) is 19.3. The van der Waals surface area contributed by atoms with Crippen LogP contribution in [0.2, 0.25) is 0 Å². The van der Waals surface area contributed by atoms with Crippen LogP contribution in [0.15, 0.2) is 10.9 Å². The molecule has 1 aliphatic heterocycles. The Labute approximate surface area is 116 Å². The number of H-pyrrole nitrogens is 1. The van der Waals surface area contributed by atoms with E-state index in [0.29, 0.717) is 30.0 Å². The molecule has 108 valence electrons. The Morgan fingerprint density at radius 1 is 1.50 bits per heavy atom. The maximum atomic E-state index is 9.59. The Bertz CT molecular complexity index is 530. The fourth-order valence-electron chi connectivity index (χ4n) is 2.51. The number of aliphatic hydroxyl groups excluding tert-OH is 1. The van der Waals surface area contributed by atoms with Crippen LogP contribution >= 0.6 is 0 Å². The molecule has 1 unspecified atom stereocenters. The molecule has 1 saturated heterocycles. The zero-order chi connectivity index (χ0) is 13.9. The van der Waals surface area contributed by atoms with Crippen LogP contribution in [0.5, 0.6) is 0 Å². The molecule has 3 heterocycles. The van der Waals surface area contributed by atoms with Crippen molar-refractivity contribution in [2.24, 2.45) is 5.92 Å². The van der Waals surface area contributed by atoms with Crippen molar-refractivity contribution < 1.29 is 9.63 Å². The third-order valence-electron chi connectivity index (χ3n) is 3.77. The van der Waals surface area contributed by atoms with Gasteiger partial charge in [-0.05, 0) is 38.8 Å². The first-order valence-corrected chi connectivity index (χ1v) is 6.81. The average molecular weight is 278 g/mol. The lowest BCUT2D eigenvalue weighted by Gasteiger charge is -2.32. The number of hydrogen-bond donors (Lipinski definition) is 2. The van der Waals surface area contributed by atoms with Crippen molar-refractivity contribution in [2.75, 3.05) is 13.1 Å². The Morgan fingerprint density at radius 3 is 2.95 bits per heavy atom. The molecule has 0 radical (unpaired) electrons. The van der Waals surface area contributed by atoms with Gasteiger partial charge in [0.15, 0.2) is 5.82 Å². The largest absolute Gasteiger partial charge is 0.393 e. The lowest BCUT2D eigenvalue weighted by atomic mass is 9.92. The molecule has 0 bridgehead atoms. The van der Waals surface area contributed by atoms with E-state index in [1.54, 1.807) is 0 Å². The van der Waals surface area contributed by atoms with Crippen LogP contribution in [0.3, 0.4) is 0 Å². The lowest BCUT2D eigenvalue weighted by molar-refractivity contribution is 0.0660. The van der Waals surface area contributed by atoms with Crippen molar-refractivity contribution in [3.63, 3.8) is 0 Å². The Morgan fingerprint density at radius 2 is 2.30 bits per heavy atom. The van der Waals surface area contributed by atoms with Gasteiger partial charge in [0.2, 0.25) is 11.7 Å². The monoisotopic (exact) mass is 278 g/mol. The average Bonchev–Trinajstić information content (AvgIpc) is 3.09. The van der Waals surface area contributed by atoms with Crippen LogP contribution in [-0.4, -0.2) is 54.5 Å². The molecule has 2 aromatic heterocycles. The highest BCUT2D eigenvalue weighted by atomic mass is 16.5. The van der Waals surface area contributed by atoms with E-state index in [1.165, 1.54) is 6.33 Å². The Kier molecular flexibility index (Phi) is 3.75. The highest BCUT2D eigenvalue weighted by molar-refractivity contribution is 5.39. The molecular formula is C12H18N6O2. The smallest absolute Gasteiger partial charge is 0.241 e. The number of hydrogen-bond acceptors (Lipinski definition) is 7. The Balaban J connectivity index is 1.57. The fourth-order valence-corrected chi connectivity index (χ4v) is 2.51. The summed E-state index contributed by atoms with van der Waals surface area (Å²) in [6.07, 6.45) is 3.19. The molecule has 0 aromatic carbocycles. The molecule has 8 nitrogen and oxygen atoms in total. The van der Waals surface area contributed by atoms with Crippen molar-refractivity contribution in [3.8, 4) is 11.6 Å². The molecule has 2 aromatic rings. The lowest BCUT2D eigenvalue weighted by Crippen LogP contribution is -2.36. The number of aliphatic hydroxyl groups is 1. The van der Waals surface area contributed by atoms with Crippen LogP contribution in [0.1, 0.15) is 25.7 Å². The molecule has 0 amide bonds. The van der Waals surface area contributed by atoms with E-state index in [-0.39, 0.29) is 6.10 Å². The van der Waals surface area contributed by atoms with E-state index in [1.807, 2.05) is 6.92 Å². The van der Waals surface area contributed by atoms with Crippen molar-refractivity contribution >= 4 is 0 Å². The zero-order valence-electron chi connectivity index (χ0n) is 11.4. The maximum Gasteiger partial charge on any atom is 0.241 e. The molecule has 0 aliphatic carbocycles. The van der Waals surface area contributed by atoms with Gasteiger partial charge in [0.25, 0.3) is 0 Å². The molecule has 0 saturated carbocycles. The van der Waals surface area contributed by atoms with E-state index in [2.05, 4.69) is 30.2 Å². The first-order valence-electron chi connectivity index (χ1n) is 6.81. The summed E-state index contributed by atoms with van der Waals surface area (Å²) in [5.41, 5.74) is 0. The minimum atomic E-state index is -0.224. The van der Waals surface area contributed by atoms with Gasteiger partial charge >= 0.3 is 0 Å². The second-order valence-electron chi connectivity index (χ2n) is 5.20. The SMILES string of the molecule is CC(O)C1CCN(Cc2nc(-c3ncn[nH]3)no2)CC1. The number of nitrogens with zero attached hydrogens (tertiary/aromatic N) is 5. The third-order valence-corrected chi connectivity index (χ3v) is 3.77. The summed E-state index contributed by atoms with van der Waals surface area (Å²) >= 11 is 0. The molecule has 0 spiro atoms. The predicted octanol–water partition coefficient (Wildman–Crippen LogP) is 0.447. The van der Waals surface area contributed by atoms with Gasteiger partial charge in [0, 0.05) is 0 Å². The van der Waals surface area contributed by atoms with Gasteiger partial charge in [-0.25, -0.2) is 4.98 Å². The minimum absolute atomic E-state index is 0.224. The highest BCUT2D eigenvalue weighted by Crippen LogP contribution is 2.21. The van der Waals surface area contributed by atoms with E-state index >= 15 is 0 Å². The molecule has 20 heavy (non-hydrogen) atoms. The van der Waals surface area contributed by atoms with Gasteiger partial charge in [-0.1, -0.05) is 5.16 Å². The summed E-state index contributed by atoms with van der Waals surface area (Å²) in [5, 5.41) is 19.9. The number of piperidine rings is 1. The summed E-state index contributed by atoms with van der Waals surface area (Å²) < 4.78 is 5.23. The van der Waals surface area contributed by atoms with E-state index < -0.39 is 0 Å². The van der Waals surface area contributed by atoms with E-state index in [0.717, 1.165) is 25.9 Å². The summed E-state index contributed by atoms with van der Waals surface area (Å²) in [4.78, 5) is 10.5. The van der Waals surface area contributed by atoms with Gasteiger partial charge in [-0.2, -0.15) is 10.1 Å². The second-order valence-corrected chi connectivity index (χ2v) is 5.20. The fraction of sp³-hybridized carbons (Fsp3) is 0.667. The number of nitrogens with one attached hydrogen (secondary N) is 1. The first-order chi connectivity index (χ1) is 9.72. The molecule has 1 atom stereocenters. The van der Waals surface area contributed by atoms with E-state index in [9.17, 15) is 5.11 Å². The molecule has 3 rings (SSSR count). The zero-order valence-corrected chi connectivity index (χ0v) is 11.4. The standard InChI is InChI=1S/C12H18N6O2/c1-8(19)9-2-4-18(5-3-9)6-10-15-12(17-20-10)11-13-7-14-16-11/h7-9,19H,2-6H2,1H3,(H,13,14,16). The topological polar surface area (TPSA) is 104 Å². The quantitative estimate of drug-likeness (QED) is 0.836. The van der Waals surface area contributed by atoms with Crippen molar-refractivity contribution in [1.82, 2.24) is 30.2 Å². The van der Waals surface area contributed by atoms with Crippen LogP contribution in [0, 0.1) is 5.92 Å². The van der Waals surface area contributed by atoms with E-state index in [4.69, 9.17) is 4.52 Å². The Hall–Kier alpha value is -1.80. The van der Waals surface area contributed by atoms with Gasteiger partial charge in [0.1, 0.15) is 6.33 Å². The summed E-state index contributed by atoms with van der Waals surface area (Å²) in [6, 6.07) is 0. The molecule has 1 fully saturated rings. The van der Waals surface area contributed by atoms with Crippen molar-refractivity contribution in [1.29, 1.82) is 0 Å². The van der Waals surface area contributed by atoms with Gasteiger partial charge in [0.05, 0.1) is 12.6 Å². The van der Waals surface area contributed by atoms with Crippen molar-refractivity contribution in [3.05, 3.63) is 12.2 Å². The van der Waals surface area contributed by atoms with Crippen molar-refractivity contribution in [2.45, 2.75) is 32.4 Å². The number of aromatic amines is 1. The summed E-state index contributed by atoms with van der Waals surface area (Å²) in [7, 11) is 0. The second kappa shape index (κ2) is 5.68. The maximum absolute atomic E-state index is 9.59. The van der Waals surface area contributed by atoms with Gasteiger partial charge in [-0.3, -0.25) is 10.00 Å². The summed E-state index contributed by atoms with van der Waals surface area (Å²) in [6.45, 7) is 4.38. The van der Waals surface area contributed by atoms with Crippen LogP contribution in [0.4, 0.5) is 0 Å². The first kappa shape index (κ1) is 13.2. The third kappa shape index (κ3) is 2.86. The molecule has 8 heteroatoms. The van der Waals surface area contributed by atoms with Crippen LogP contribution in [-0.2, 0) is 6.54 Å². The molecule has 1 aliphatic rings. The highest BCUT2D eigenvalue weighted by Gasteiger charge is 2.24. The molecular weight excluding hydrogens is 260 g/mol. The van der Waals surface area contributed by atoms with Gasteiger partial charge in [-0.15, -0.1) is 0 Å². The molecule has 2 N–H and O–H groups in total. The van der Waals surface area contributed by atoms with Crippen LogP contribution in [0.25, 0.3) is 11.6 Å². The minimum Gasteiger partial charge on any atom is -0.393 e. The van der Waals surface area contributed by atoms with Gasteiger partial charge < -0.3 is 9.63 Å². The number of rotatable bonds is 4. The number of aromatic nitrogens is 5. The predicted molar refractivity (Wildman–Crippen MR) is 69.4 cm³/mol. The number of likely N-dealkylation sites (tertiary alicyclic amines) is 1. The van der Waals surface area contributed by atoms with Crippen LogP contribution < -0.4 is 0 Å². The summed E-state index contributed by atoms with van der Waals surface area (Å²) in [5.74, 6) is 1.91.